The number of rotatable bonds is 6. The van der Waals surface area contributed by atoms with Gasteiger partial charge in [0.15, 0.2) is 0 Å². The molecule has 1 amide bonds. The Kier molecular flexibility index (Phi) is 7.02. The van der Waals surface area contributed by atoms with E-state index in [1.54, 1.807) is 0 Å². The van der Waals surface area contributed by atoms with Crippen molar-refractivity contribution in [2.45, 2.75) is 78.9 Å². The fourth-order valence-corrected chi connectivity index (χ4v) is 4.38. The first kappa shape index (κ1) is 22.6. The number of pyridine rings is 1. The minimum atomic E-state index is -0.245. The van der Waals surface area contributed by atoms with Gasteiger partial charge in [-0.15, -0.1) is 0 Å². The molecule has 6 heteroatoms. The molecule has 0 aromatic carbocycles. The lowest BCUT2D eigenvalue weighted by molar-refractivity contribution is -0.131. The largest absolute Gasteiger partial charge is 0.370 e. The molecule has 0 saturated carbocycles. The summed E-state index contributed by atoms with van der Waals surface area (Å²) in [5, 5.41) is 10.1. The molecule has 2 aliphatic heterocycles. The summed E-state index contributed by atoms with van der Waals surface area (Å²) in [4.78, 5) is 21.6. The van der Waals surface area contributed by atoms with Gasteiger partial charge in [0.25, 0.3) is 0 Å². The predicted molar refractivity (Wildman–Crippen MR) is 118 cm³/mol. The highest BCUT2D eigenvalue weighted by atomic mass is 16.5. The summed E-state index contributed by atoms with van der Waals surface area (Å²) in [5.41, 5.74) is 3.72. The monoisotopic (exact) mass is 412 g/mol. The van der Waals surface area contributed by atoms with E-state index in [2.05, 4.69) is 45.6 Å². The number of nitrogens with zero attached hydrogens (tertiary/aromatic N) is 4. The van der Waals surface area contributed by atoms with Gasteiger partial charge in [0.05, 0.1) is 23.5 Å². The normalized spacial score (nSPS) is 18.3. The van der Waals surface area contributed by atoms with Crippen molar-refractivity contribution in [1.82, 2.24) is 9.88 Å². The zero-order valence-electron chi connectivity index (χ0n) is 19.3. The lowest BCUT2D eigenvalue weighted by Crippen LogP contribution is -2.49. The molecule has 3 heterocycles. The molecule has 164 valence electrons. The van der Waals surface area contributed by atoms with Crippen LogP contribution >= 0.6 is 0 Å². The van der Waals surface area contributed by atoms with Crippen LogP contribution in [0.1, 0.15) is 76.3 Å². The van der Waals surface area contributed by atoms with Crippen LogP contribution in [0.5, 0.6) is 0 Å². The van der Waals surface area contributed by atoms with Crippen LogP contribution < -0.4 is 4.90 Å². The standard InChI is InChI=1S/C24H36N4O2/c1-6-7-8-22(29)27-9-11-28(12-10-27)23-19(15-25)18(13-17(2)3)20-16-30-24(4,5)14-21(20)26-23/h17H,6-14,16H2,1-5H3. The first-order chi connectivity index (χ1) is 14.3. The molecular weight excluding hydrogens is 376 g/mol. The van der Waals surface area contributed by atoms with Gasteiger partial charge in [0.1, 0.15) is 11.9 Å². The SMILES string of the molecule is CCCCC(=O)N1CCN(c2nc3c(c(CC(C)C)c2C#N)COC(C)(C)C3)CC1. The molecule has 6 nitrogen and oxygen atoms in total. The van der Waals surface area contributed by atoms with E-state index in [4.69, 9.17) is 9.72 Å². The second-order valence-corrected chi connectivity index (χ2v) is 9.62. The fraction of sp³-hybridized carbons (Fsp3) is 0.708. The molecule has 0 bridgehead atoms. The van der Waals surface area contributed by atoms with Crippen LogP contribution in [0, 0.1) is 17.2 Å². The summed E-state index contributed by atoms with van der Waals surface area (Å²) in [5.74, 6) is 1.49. The number of hydrogen-bond acceptors (Lipinski definition) is 5. The molecule has 0 atom stereocenters. The number of carbonyl (C=O) groups excluding carboxylic acids is 1. The van der Waals surface area contributed by atoms with Crippen LogP contribution in [-0.2, 0) is 29.0 Å². The highest BCUT2D eigenvalue weighted by Crippen LogP contribution is 2.35. The summed E-state index contributed by atoms with van der Waals surface area (Å²) in [7, 11) is 0. The summed E-state index contributed by atoms with van der Waals surface area (Å²) < 4.78 is 6.06. The van der Waals surface area contributed by atoms with Crippen LogP contribution in [0.3, 0.4) is 0 Å². The molecule has 1 aromatic heterocycles. The molecule has 1 aromatic rings. The second-order valence-electron chi connectivity index (χ2n) is 9.62. The summed E-state index contributed by atoms with van der Waals surface area (Å²) in [6.07, 6.45) is 4.21. The molecule has 0 spiro atoms. The van der Waals surface area contributed by atoms with Gasteiger partial charge in [-0.1, -0.05) is 27.2 Å². The quantitative estimate of drug-likeness (QED) is 0.710. The molecule has 30 heavy (non-hydrogen) atoms. The van der Waals surface area contributed by atoms with E-state index in [0.29, 0.717) is 37.6 Å². The topological polar surface area (TPSA) is 69.5 Å². The van der Waals surface area contributed by atoms with Crippen molar-refractivity contribution >= 4 is 11.7 Å². The smallest absolute Gasteiger partial charge is 0.222 e. The Morgan fingerprint density at radius 2 is 1.97 bits per heavy atom. The molecule has 3 rings (SSSR count). The maximum atomic E-state index is 12.4. The van der Waals surface area contributed by atoms with Gasteiger partial charge < -0.3 is 14.5 Å². The number of aromatic nitrogens is 1. The molecular formula is C24H36N4O2. The molecule has 0 radical (unpaired) electrons. The number of amides is 1. The number of nitriles is 1. The van der Waals surface area contributed by atoms with Crippen molar-refractivity contribution in [3.63, 3.8) is 0 Å². The van der Waals surface area contributed by atoms with E-state index < -0.39 is 0 Å². The number of unbranched alkanes of at least 4 members (excludes halogenated alkanes) is 1. The Labute approximate surface area is 181 Å². The fourth-order valence-electron chi connectivity index (χ4n) is 4.38. The van der Waals surface area contributed by atoms with E-state index in [1.165, 1.54) is 0 Å². The van der Waals surface area contributed by atoms with Crippen molar-refractivity contribution in [3.8, 4) is 6.07 Å². The van der Waals surface area contributed by atoms with E-state index in [0.717, 1.165) is 61.4 Å². The molecule has 1 fully saturated rings. The Morgan fingerprint density at radius 3 is 2.57 bits per heavy atom. The van der Waals surface area contributed by atoms with Gasteiger partial charge in [0.2, 0.25) is 5.91 Å². The van der Waals surface area contributed by atoms with Crippen LogP contribution in [-0.4, -0.2) is 47.6 Å². The third-order valence-electron chi connectivity index (χ3n) is 6.08. The van der Waals surface area contributed by atoms with Crippen LogP contribution in [0.15, 0.2) is 0 Å². The Bertz CT molecular complexity index is 817. The third kappa shape index (κ3) is 4.95. The van der Waals surface area contributed by atoms with E-state index in [1.807, 2.05) is 4.90 Å². The number of fused-ring (bicyclic) bond motifs is 1. The average Bonchev–Trinajstić information content (AvgIpc) is 2.70. The first-order valence-corrected chi connectivity index (χ1v) is 11.4. The number of carbonyl (C=O) groups is 1. The van der Waals surface area contributed by atoms with Gasteiger partial charge in [-0.2, -0.15) is 5.26 Å². The van der Waals surface area contributed by atoms with Crippen molar-refractivity contribution in [1.29, 1.82) is 5.26 Å². The molecule has 2 aliphatic rings. The molecule has 0 N–H and O–H groups in total. The maximum absolute atomic E-state index is 12.4. The Hall–Kier alpha value is -2.13. The van der Waals surface area contributed by atoms with Crippen LogP contribution in [0.4, 0.5) is 5.82 Å². The van der Waals surface area contributed by atoms with Gasteiger partial charge in [0, 0.05) is 44.6 Å². The van der Waals surface area contributed by atoms with Crippen molar-refractivity contribution in [2.24, 2.45) is 5.92 Å². The number of hydrogen-bond donors (Lipinski definition) is 0. The highest BCUT2D eigenvalue weighted by Gasteiger charge is 2.33. The summed E-state index contributed by atoms with van der Waals surface area (Å²) in [6, 6.07) is 2.46. The van der Waals surface area contributed by atoms with Crippen molar-refractivity contribution in [2.75, 3.05) is 31.1 Å². The van der Waals surface area contributed by atoms with Crippen LogP contribution in [0.25, 0.3) is 0 Å². The summed E-state index contributed by atoms with van der Waals surface area (Å²) >= 11 is 0. The number of ether oxygens (including phenoxy) is 1. The lowest BCUT2D eigenvalue weighted by atomic mass is 9.88. The minimum Gasteiger partial charge on any atom is -0.370 e. The van der Waals surface area contributed by atoms with Gasteiger partial charge in [-0.25, -0.2) is 4.98 Å². The molecule has 0 aliphatic carbocycles. The van der Waals surface area contributed by atoms with Gasteiger partial charge in [-0.05, 0) is 38.2 Å². The first-order valence-electron chi connectivity index (χ1n) is 11.4. The molecule has 0 unspecified atom stereocenters. The lowest BCUT2D eigenvalue weighted by Gasteiger charge is -2.38. The maximum Gasteiger partial charge on any atom is 0.222 e. The number of anilines is 1. The predicted octanol–water partition coefficient (Wildman–Crippen LogP) is 3.84. The molecule has 1 saturated heterocycles. The Morgan fingerprint density at radius 1 is 1.27 bits per heavy atom. The van der Waals surface area contributed by atoms with Gasteiger partial charge in [-0.3, -0.25) is 4.79 Å². The zero-order chi connectivity index (χ0) is 21.9. The highest BCUT2D eigenvalue weighted by molar-refractivity contribution is 5.76. The van der Waals surface area contributed by atoms with E-state index in [9.17, 15) is 10.1 Å². The van der Waals surface area contributed by atoms with Gasteiger partial charge >= 0.3 is 0 Å². The van der Waals surface area contributed by atoms with Crippen molar-refractivity contribution < 1.29 is 9.53 Å². The third-order valence-corrected chi connectivity index (χ3v) is 6.08. The minimum absolute atomic E-state index is 0.245. The average molecular weight is 413 g/mol. The zero-order valence-corrected chi connectivity index (χ0v) is 19.3. The van der Waals surface area contributed by atoms with E-state index in [-0.39, 0.29) is 11.5 Å². The van der Waals surface area contributed by atoms with Crippen LogP contribution in [0.2, 0.25) is 0 Å². The van der Waals surface area contributed by atoms with Crippen molar-refractivity contribution in [3.05, 3.63) is 22.4 Å². The second kappa shape index (κ2) is 9.34. The number of piperazine rings is 1. The summed E-state index contributed by atoms with van der Waals surface area (Å²) in [6.45, 7) is 14.0. The van der Waals surface area contributed by atoms with E-state index >= 15 is 0 Å². The Balaban J connectivity index is 1.90.